The fraction of sp³-hybridized carbons (Fsp3) is 0.875. The van der Waals surface area contributed by atoms with Crippen molar-refractivity contribution in [3.63, 3.8) is 0 Å². The highest BCUT2D eigenvalue weighted by atomic mass is 16.2. The van der Waals surface area contributed by atoms with Crippen LogP contribution in [0.1, 0.15) is 122 Å². The van der Waals surface area contributed by atoms with Gasteiger partial charge in [0.05, 0.1) is 0 Å². The van der Waals surface area contributed by atoms with E-state index < -0.39 is 0 Å². The maximum atomic E-state index is 11.5. The van der Waals surface area contributed by atoms with E-state index in [1.54, 1.807) is 0 Å². The smallest absolute Gasteiger partial charge is 0.224 e. The van der Waals surface area contributed by atoms with Crippen molar-refractivity contribution in [2.24, 2.45) is 29.6 Å². The normalized spacial score (nSPS) is 11.2. The summed E-state index contributed by atoms with van der Waals surface area (Å²) in [5, 5.41) is 0. The molecule has 226 valence electrons. The third-order valence-corrected chi connectivity index (χ3v) is 6.52. The van der Waals surface area contributed by atoms with Crippen LogP contribution in [-0.2, 0) is 19.2 Å². The number of ketones is 3. The molecule has 0 aliphatic carbocycles. The topological polar surface area (TPSA) is 74.8 Å². The zero-order chi connectivity index (χ0) is 30.6. The molecule has 0 spiro atoms. The first-order chi connectivity index (χ1) is 17.3. The zero-order valence-electron chi connectivity index (χ0n) is 27.6. The Bertz CT molecular complexity index is 632. The van der Waals surface area contributed by atoms with Crippen LogP contribution in [0.4, 0.5) is 0 Å². The molecule has 0 rings (SSSR count). The third-order valence-electron chi connectivity index (χ3n) is 6.52. The predicted molar refractivity (Wildman–Crippen MR) is 162 cm³/mol. The van der Waals surface area contributed by atoms with E-state index in [-0.39, 0.29) is 41.1 Å². The highest BCUT2D eigenvalue weighted by Crippen LogP contribution is 2.09. The molecule has 0 heterocycles. The summed E-state index contributed by atoms with van der Waals surface area (Å²) in [4.78, 5) is 49.1. The molecule has 0 atom stereocenters. The van der Waals surface area contributed by atoms with E-state index in [2.05, 4.69) is 39.6 Å². The molecule has 0 aliphatic rings. The van der Waals surface area contributed by atoms with Crippen molar-refractivity contribution < 1.29 is 19.2 Å². The van der Waals surface area contributed by atoms with E-state index >= 15 is 0 Å². The summed E-state index contributed by atoms with van der Waals surface area (Å²) in [6, 6.07) is 0.539. The number of hydrogen-bond donors (Lipinski definition) is 0. The van der Waals surface area contributed by atoms with Gasteiger partial charge in [0, 0.05) is 69.1 Å². The maximum absolute atomic E-state index is 11.5. The zero-order valence-corrected chi connectivity index (χ0v) is 27.6. The molecule has 6 heteroatoms. The first-order valence-corrected chi connectivity index (χ1v) is 14.9. The summed E-state index contributed by atoms with van der Waals surface area (Å²) in [6.45, 7) is 25.8. The SMILES string of the molecule is CC(C)C(=O)CCCC(=O)C(C)C.CC(C)C(=O)N(C)CCN(C)C(C)C.CC(C)CCCC(=O)C(C)C. The monoisotopic (exact) mass is 540 g/mol. The highest BCUT2D eigenvalue weighted by molar-refractivity contribution is 5.83. The standard InChI is InChI=1S/C11H24N2O.C11H20O2.C10H20O/c1-9(2)11(14)13(6)8-7-12(5)10(3)4;1-8(2)10(12)6-5-7-11(13)9(3)4;1-8(2)6-5-7-10(11)9(3)4/h9-10H,7-8H2,1-6H3;8-9H,5-7H2,1-4H3;8-9H,5-7H2,1-4H3. The van der Waals surface area contributed by atoms with E-state index in [0.29, 0.717) is 31.1 Å². The summed E-state index contributed by atoms with van der Waals surface area (Å²) in [7, 11) is 3.95. The van der Waals surface area contributed by atoms with Gasteiger partial charge in [-0.15, -0.1) is 0 Å². The molecule has 6 nitrogen and oxygen atoms in total. The molecule has 1 amide bonds. The summed E-state index contributed by atoms with van der Waals surface area (Å²) >= 11 is 0. The van der Waals surface area contributed by atoms with Crippen molar-refractivity contribution >= 4 is 23.3 Å². The molecule has 0 fully saturated rings. The molecule has 0 aromatic rings. The minimum atomic E-state index is 0.101. The number of hydrogen-bond acceptors (Lipinski definition) is 5. The summed E-state index contributed by atoms with van der Waals surface area (Å²) in [5.41, 5.74) is 0. The van der Waals surface area contributed by atoms with Crippen molar-refractivity contribution in [3.05, 3.63) is 0 Å². The lowest BCUT2D eigenvalue weighted by molar-refractivity contribution is -0.133. The Balaban J connectivity index is -0.000000487. The average molecular weight is 541 g/mol. The van der Waals surface area contributed by atoms with Gasteiger partial charge in [-0.25, -0.2) is 0 Å². The van der Waals surface area contributed by atoms with Gasteiger partial charge >= 0.3 is 0 Å². The second-order valence-electron chi connectivity index (χ2n) is 12.5. The van der Waals surface area contributed by atoms with Gasteiger partial charge in [0.25, 0.3) is 0 Å². The molecule has 0 N–H and O–H groups in total. The lowest BCUT2D eigenvalue weighted by Crippen LogP contribution is -2.38. The number of Topliss-reactive ketones (excluding diaryl/α,β-unsaturated/α-hetero) is 3. The van der Waals surface area contributed by atoms with Gasteiger partial charge in [-0.05, 0) is 39.7 Å². The van der Waals surface area contributed by atoms with E-state index in [0.717, 1.165) is 31.8 Å². The Morgan fingerprint density at radius 2 is 0.895 bits per heavy atom. The third kappa shape index (κ3) is 24.8. The summed E-state index contributed by atoms with van der Waals surface area (Å²) < 4.78 is 0. The van der Waals surface area contributed by atoms with E-state index in [9.17, 15) is 19.2 Å². The van der Waals surface area contributed by atoms with Crippen LogP contribution in [-0.4, -0.2) is 66.3 Å². The predicted octanol–water partition coefficient (Wildman–Crippen LogP) is 7.09. The minimum absolute atomic E-state index is 0.101. The fourth-order valence-corrected chi connectivity index (χ4v) is 3.10. The van der Waals surface area contributed by atoms with Crippen LogP contribution in [0.3, 0.4) is 0 Å². The number of carbonyl (C=O) groups excluding carboxylic acids is 4. The molecule has 0 saturated carbocycles. The van der Waals surface area contributed by atoms with E-state index in [1.165, 1.54) is 6.42 Å². The van der Waals surface area contributed by atoms with Crippen LogP contribution in [0.15, 0.2) is 0 Å². The van der Waals surface area contributed by atoms with Crippen molar-refractivity contribution in [2.75, 3.05) is 27.2 Å². The second-order valence-corrected chi connectivity index (χ2v) is 12.5. The molecular formula is C32H64N2O4. The van der Waals surface area contributed by atoms with Crippen molar-refractivity contribution in [1.29, 1.82) is 0 Å². The van der Waals surface area contributed by atoms with Crippen LogP contribution in [0, 0.1) is 29.6 Å². The summed E-state index contributed by atoms with van der Waals surface area (Å²) in [5.74, 6) is 2.42. The quantitative estimate of drug-likeness (QED) is 0.209. The summed E-state index contributed by atoms with van der Waals surface area (Å²) in [6.07, 6.45) is 4.84. The lowest BCUT2D eigenvalue weighted by Gasteiger charge is -2.25. The largest absolute Gasteiger partial charge is 0.344 e. The van der Waals surface area contributed by atoms with E-state index in [4.69, 9.17) is 0 Å². The van der Waals surface area contributed by atoms with Crippen molar-refractivity contribution in [3.8, 4) is 0 Å². The molecule has 0 unspecified atom stereocenters. The second kappa shape index (κ2) is 23.3. The van der Waals surface area contributed by atoms with Gasteiger partial charge in [0.2, 0.25) is 5.91 Å². The van der Waals surface area contributed by atoms with Gasteiger partial charge in [-0.1, -0.05) is 75.7 Å². The number of rotatable bonds is 16. The maximum Gasteiger partial charge on any atom is 0.224 e. The van der Waals surface area contributed by atoms with Crippen LogP contribution < -0.4 is 0 Å². The number of amides is 1. The Labute approximate surface area is 236 Å². The molecule has 38 heavy (non-hydrogen) atoms. The molecule has 0 radical (unpaired) electrons. The first kappa shape index (κ1) is 40.9. The van der Waals surface area contributed by atoms with Crippen LogP contribution in [0.5, 0.6) is 0 Å². The van der Waals surface area contributed by atoms with Crippen molar-refractivity contribution in [1.82, 2.24) is 9.80 Å². The van der Waals surface area contributed by atoms with Gasteiger partial charge in [-0.2, -0.15) is 0 Å². The Kier molecular flexibility index (Phi) is 25.1. The molecule has 0 saturated heterocycles. The molecule has 0 bridgehead atoms. The Hall–Kier alpha value is -1.56. The first-order valence-electron chi connectivity index (χ1n) is 14.9. The average Bonchev–Trinajstić information content (AvgIpc) is 2.81. The molecule has 0 aliphatic heterocycles. The highest BCUT2D eigenvalue weighted by Gasteiger charge is 2.14. The Morgan fingerprint density at radius 3 is 1.18 bits per heavy atom. The van der Waals surface area contributed by atoms with Gasteiger partial charge < -0.3 is 9.80 Å². The van der Waals surface area contributed by atoms with Gasteiger partial charge in [0.15, 0.2) is 0 Å². The number of carbonyl (C=O) groups is 4. The van der Waals surface area contributed by atoms with E-state index in [1.807, 2.05) is 67.3 Å². The minimum Gasteiger partial charge on any atom is -0.344 e. The van der Waals surface area contributed by atoms with Crippen LogP contribution >= 0.6 is 0 Å². The van der Waals surface area contributed by atoms with Crippen molar-refractivity contribution in [2.45, 2.75) is 128 Å². The number of nitrogens with zero attached hydrogens (tertiary/aromatic N) is 2. The number of likely N-dealkylation sites (N-methyl/N-ethyl adjacent to an activating group) is 2. The van der Waals surface area contributed by atoms with Crippen LogP contribution in [0.25, 0.3) is 0 Å². The molecule has 0 aromatic carbocycles. The Morgan fingerprint density at radius 1 is 0.526 bits per heavy atom. The fourth-order valence-electron chi connectivity index (χ4n) is 3.10. The molecule has 0 aromatic heterocycles. The van der Waals surface area contributed by atoms with Gasteiger partial charge in [-0.3, -0.25) is 19.2 Å². The molecular weight excluding hydrogens is 476 g/mol. The van der Waals surface area contributed by atoms with Crippen LogP contribution in [0.2, 0.25) is 0 Å². The van der Waals surface area contributed by atoms with Gasteiger partial charge in [0.1, 0.15) is 17.3 Å². The lowest BCUT2D eigenvalue weighted by atomic mass is 9.99.